The number of rotatable bonds is 0. The molecule has 0 radical (unpaired) electrons. The first-order valence-corrected chi connectivity index (χ1v) is 4.00. The van der Waals surface area contributed by atoms with Crippen molar-refractivity contribution in [3.05, 3.63) is 33.9 Å². The summed E-state index contributed by atoms with van der Waals surface area (Å²) in [4.78, 5) is 11.6. The van der Waals surface area contributed by atoms with Crippen LogP contribution in [0.5, 0.6) is 0 Å². The molecule has 1 aromatic heterocycles. The summed E-state index contributed by atoms with van der Waals surface area (Å²) in [7, 11) is 0. The van der Waals surface area contributed by atoms with Gasteiger partial charge in [-0.1, -0.05) is 20.8 Å². The Bertz CT molecular complexity index is 328. The minimum absolute atomic E-state index is 0.0914. The molecule has 0 aliphatic heterocycles. The summed E-state index contributed by atoms with van der Waals surface area (Å²) in [5.74, 6) is 0. The molecule has 0 aliphatic rings. The highest BCUT2D eigenvalue weighted by Gasteiger charge is 2.18. The van der Waals surface area contributed by atoms with Gasteiger partial charge in [-0.3, -0.25) is 4.79 Å². The zero-order valence-electron chi connectivity index (χ0n) is 7.97. The van der Waals surface area contributed by atoms with Crippen molar-refractivity contribution in [1.29, 1.82) is 0 Å². The Balaban J connectivity index is 3.37. The molecule has 0 saturated carbocycles. The van der Waals surface area contributed by atoms with Crippen molar-refractivity contribution in [3.63, 3.8) is 0 Å². The van der Waals surface area contributed by atoms with Gasteiger partial charge < -0.3 is 4.42 Å². The summed E-state index contributed by atoms with van der Waals surface area (Å²) in [5.41, 5.74) is 1.37. The fraction of sp³-hybridized carbons (Fsp3) is 0.500. The molecular formula is C10H14O2. The SMILES string of the molecule is Cc1cocc(C(C)(C)C)c1=O. The van der Waals surface area contributed by atoms with Gasteiger partial charge in [0.25, 0.3) is 0 Å². The van der Waals surface area contributed by atoms with E-state index >= 15 is 0 Å². The molecule has 2 nitrogen and oxygen atoms in total. The minimum atomic E-state index is -0.132. The Morgan fingerprint density at radius 1 is 1.25 bits per heavy atom. The van der Waals surface area contributed by atoms with Crippen LogP contribution in [0.1, 0.15) is 31.9 Å². The lowest BCUT2D eigenvalue weighted by atomic mass is 9.88. The largest absolute Gasteiger partial charge is 0.472 e. The first-order valence-electron chi connectivity index (χ1n) is 4.00. The molecule has 0 aliphatic carbocycles. The van der Waals surface area contributed by atoms with Crippen LogP contribution in [-0.4, -0.2) is 0 Å². The maximum absolute atomic E-state index is 11.6. The van der Waals surface area contributed by atoms with Gasteiger partial charge in [0.1, 0.15) is 0 Å². The van der Waals surface area contributed by atoms with Crippen molar-refractivity contribution in [1.82, 2.24) is 0 Å². The molecule has 12 heavy (non-hydrogen) atoms. The van der Waals surface area contributed by atoms with Gasteiger partial charge in [0.15, 0.2) is 5.43 Å². The topological polar surface area (TPSA) is 30.2 Å². The van der Waals surface area contributed by atoms with Crippen molar-refractivity contribution in [2.75, 3.05) is 0 Å². The van der Waals surface area contributed by atoms with Gasteiger partial charge in [-0.2, -0.15) is 0 Å². The molecule has 0 saturated heterocycles. The maximum atomic E-state index is 11.6. The van der Waals surface area contributed by atoms with E-state index in [2.05, 4.69) is 0 Å². The average Bonchev–Trinajstić information content (AvgIpc) is 1.92. The number of aryl methyl sites for hydroxylation is 1. The number of hydrogen-bond donors (Lipinski definition) is 0. The van der Waals surface area contributed by atoms with Crippen LogP contribution in [0.3, 0.4) is 0 Å². The predicted octanol–water partition coefficient (Wildman–Crippen LogP) is 2.25. The molecule has 0 atom stereocenters. The van der Waals surface area contributed by atoms with E-state index in [0.717, 1.165) is 5.56 Å². The fourth-order valence-electron chi connectivity index (χ4n) is 1.04. The highest BCUT2D eigenvalue weighted by molar-refractivity contribution is 5.21. The van der Waals surface area contributed by atoms with Crippen LogP contribution < -0.4 is 5.43 Å². The Morgan fingerprint density at radius 3 is 2.25 bits per heavy atom. The summed E-state index contributed by atoms with van der Waals surface area (Å²) in [5, 5.41) is 0. The molecule has 0 bridgehead atoms. The third-order valence-corrected chi connectivity index (χ3v) is 1.84. The summed E-state index contributed by atoms with van der Waals surface area (Å²) >= 11 is 0. The van der Waals surface area contributed by atoms with E-state index in [1.807, 2.05) is 20.8 Å². The van der Waals surface area contributed by atoms with E-state index in [9.17, 15) is 4.79 Å². The molecular weight excluding hydrogens is 152 g/mol. The number of hydrogen-bond acceptors (Lipinski definition) is 2. The van der Waals surface area contributed by atoms with Gasteiger partial charge >= 0.3 is 0 Å². The fourth-order valence-corrected chi connectivity index (χ4v) is 1.04. The van der Waals surface area contributed by atoms with Crippen molar-refractivity contribution in [2.24, 2.45) is 0 Å². The van der Waals surface area contributed by atoms with Crippen molar-refractivity contribution >= 4 is 0 Å². The van der Waals surface area contributed by atoms with Crippen molar-refractivity contribution in [3.8, 4) is 0 Å². The summed E-state index contributed by atoms with van der Waals surface area (Å²) in [6, 6.07) is 0. The van der Waals surface area contributed by atoms with Crippen LogP contribution in [0.25, 0.3) is 0 Å². The lowest BCUT2D eigenvalue weighted by Gasteiger charge is -2.16. The molecule has 66 valence electrons. The predicted molar refractivity (Wildman–Crippen MR) is 48.4 cm³/mol. The first-order chi connectivity index (χ1) is 5.43. The third-order valence-electron chi connectivity index (χ3n) is 1.84. The van der Waals surface area contributed by atoms with Crippen molar-refractivity contribution < 1.29 is 4.42 Å². The molecule has 0 N–H and O–H groups in total. The zero-order valence-corrected chi connectivity index (χ0v) is 7.97. The van der Waals surface area contributed by atoms with Crippen LogP contribution in [0, 0.1) is 6.92 Å². The maximum Gasteiger partial charge on any atom is 0.191 e. The van der Waals surface area contributed by atoms with Crippen LogP contribution in [0.15, 0.2) is 21.7 Å². The minimum Gasteiger partial charge on any atom is -0.472 e. The van der Waals surface area contributed by atoms with Crippen LogP contribution in [0.2, 0.25) is 0 Å². The van der Waals surface area contributed by atoms with Gasteiger partial charge in [0, 0.05) is 11.1 Å². The molecule has 1 aromatic rings. The van der Waals surface area contributed by atoms with Gasteiger partial charge in [-0.25, -0.2) is 0 Å². The first kappa shape index (κ1) is 9.04. The van der Waals surface area contributed by atoms with E-state index in [-0.39, 0.29) is 10.8 Å². The second-order valence-electron chi connectivity index (χ2n) is 4.05. The second-order valence-corrected chi connectivity index (χ2v) is 4.05. The van der Waals surface area contributed by atoms with Gasteiger partial charge in [0.2, 0.25) is 0 Å². The van der Waals surface area contributed by atoms with Crippen LogP contribution in [-0.2, 0) is 5.41 Å². The van der Waals surface area contributed by atoms with Crippen LogP contribution in [0.4, 0.5) is 0 Å². The highest BCUT2D eigenvalue weighted by atomic mass is 16.3. The standard InChI is InChI=1S/C10H14O2/c1-7-5-12-6-8(9(7)11)10(2,3)4/h5-6H,1-4H3. The van der Waals surface area contributed by atoms with E-state index in [4.69, 9.17) is 4.42 Å². The quantitative estimate of drug-likeness (QED) is 0.591. The normalized spacial score (nSPS) is 11.7. The summed E-state index contributed by atoms with van der Waals surface area (Å²) in [6.07, 6.45) is 3.02. The Morgan fingerprint density at radius 2 is 1.83 bits per heavy atom. The van der Waals surface area contributed by atoms with Gasteiger partial charge in [0.05, 0.1) is 12.5 Å². The molecule has 1 rings (SSSR count). The monoisotopic (exact) mass is 166 g/mol. The molecule has 2 heteroatoms. The average molecular weight is 166 g/mol. The molecule has 0 aromatic carbocycles. The van der Waals surface area contributed by atoms with Crippen molar-refractivity contribution in [2.45, 2.75) is 33.1 Å². The molecule has 0 spiro atoms. The summed E-state index contributed by atoms with van der Waals surface area (Å²) in [6.45, 7) is 7.76. The van der Waals surface area contributed by atoms with Crippen LogP contribution >= 0.6 is 0 Å². The van der Waals surface area contributed by atoms with E-state index in [0.29, 0.717) is 5.56 Å². The molecule has 0 amide bonds. The Kier molecular flexibility index (Phi) is 2.09. The van der Waals surface area contributed by atoms with E-state index in [1.165, 1.54) is 12.5 Å². The lowest BCUT2D eigenvalue weighted by molar-refractivity contribution is 0.496. The van der Waals surface area contributed by atoms with E-state index < -0.39 is 0 Å². The Labute approximate surface area is 72.2 Å². The van der Waals surface area contributed by atoms with Gasteiger partial charge in [-0.05, 0) is 12.3 Å². The second kappa shape index (κ2) is 2.77. The third kappa shape index (κ3) is 1.58. The van der Waals surface area contributed by atoms with Gasteiger partial charge in [-0.15, -0.1) is 0 Å². The molecule has 1 heterocycles. The highest BCUT2D eigenvalue weighted by Crippen LogP contribution is 2.18. The smallest absolute Gasteiger partial charge is 0.191 e. The zero-order chi connectivity index (χ0) is 9.35. The molecule has 0 unspecified atom stereocenters. The summed E-state index contributed by atoms with van der Waals surface area (Å²) < 4.78 is 5.05. The lowest BCUT2D eigenvalue weighted by Crippen LogP contribution is -2.23. The van der Waals surface area contributed by atoms with E-state index in [1.54, 1.807) is 6.92 Å². The molecule has 0 fully saturated rings. The Hall–Kier alpha value is -1.05.